The lowest BCUT2D eigenvalue weighted by atomic mass is 10.1. The third kappa shape index (κ3) is 41.6. The molecule has 0 heterocycles. The van der Waals surface area contributed by atoms with Gasteiger partial charge in [-0.1, -0.05) is 152 Å². The first-order chi connectivity index (χ1) is 27.7. The van der Waals surface area contributed by atoms with Gasteiger partial charge >= 0.3 is 19.8 Å². The van der Waals surface area contributed by atoms with Gasteiger partial charge in [0.05, 0.1) is 19.8 Å². The van der Waals surface area contributed by atoms with Gasteiger partial charge in [0.15, 0.2) is 6.10 Å². The van der Waals surface area contributed by atoms with Crippen molar-refractivity contribution < 1.29 is 47.8 Å². The molecular weight excluding hydrogens is 743 g/mol. The van der Waals surface area contributed by atoms with E-state index in [0.29, 0.717) is 19.3 Å². The molecule has 0 aliphatic carbocycles. The van der Waals surface area contributed by atoms with Crippen LogP contribution >= 0.6 is 7.82 Å². The van der Waals surface area contributed by atoms with Gasteiger partial charge in [0.2, 0.25) is 0 Å². The molecule has 0 aliphatic heterocycles. The Morgan fingerprint density at radius 1 is 0.526 bits per heavy atom. The van der Waals surface area contributed by atoms with Gasteiger partial charge in [0.1, 0.15) is 12.7 Å². The van der Waals surface area contributed by atoms with Crippen LogP contribution in [0.3, 0.4) is 0 Å². The second-order valence-electron chi connectivity index (χ2n) is 14.7. The molecule has 0 fully saturated rings. The Morgan fingerprint density at radius 3 is 1.46 bits per heavy atom. The fraction of sp³-hybridized carbons (Fsp3) is 0.739. The summed E-state index contributed by atoms with van der Waals surface area (Å²) in [5.41, 5.74) is 0. The molecule has 0 aliphatic rings. The Kier molecular flexibility index (Phi) is 40.1. The van der Waals surface area contributed by atoms with Crippen LogP contribution in [0.1, 0.15) is 181 Å². The number of aliphatic hydroxyl groups excluding tert-OH is 2. The highest BCUT2D eigenvalue weighted by Gasteiger charge is 2.27. The second-order valence-corrected chi connectivity index (χ2v) is 16.2. The largest absolute Gasteiger partial charge is 0.472 e. The van der Waals surface area contributed by atoms with E-state index < -0.39 is 51.8 Å². The quantitative estimate of drug-likeness (QED) is 0.0235. The van der Waals surface area contributed by atoms with Crippen LogP contribution in [0.25, 0.3) is 0 Å². The third-order valence-corrected chi connectivity index (χ3v) is 10.1. The van der Waals surface area contributed by atoms with Crippen LogP contribution in [-0.2, 0) is 32.7 Å². The first-order valence-electron chi connectivity index (χ1n) is 22.2. The van der Waals surface area contributed by atoms with Crippen molar-refractivity contribution in [3.8, 4) is 0 Å². The SMILES string of the molecule is CCCCCC/C=C/CCCCCCCC(=O)OC[C@H](COP(=O)(O)OC[C@@H](O)CO)OC(=O)CCC/C=C/C/C=C/C/C=C/C/C=C/CCCCCCCCC. The standard InChI is InChI=1S/C46H81O10P/c1-3-5-7-9-11-13-15-17-18-19-20-21-22-23-24-26-28-30-32-34-36-38-46(50)56-44(42-55-57(51,52)54-40-43(48)39-47)41-53-45(49)37-35-33-31-29-27-25-16-14-12-10-8-6-4-2/h14,16,18-19,21-22,24,26,30,32,43-44,47-48H,3-13,15,17,20,23,25,27-29,31,33-42H2,1-2H3,(H,51,52)/b16-14+,19-18+,22-21+,26-24+,32-30+/t43-,44+/m0/s1. The number of aliphatic hydroxyl groups is 2. The molecule has 0 rings (SSSR count). The predicted molar refractivity (Wildman–Crippen MR) is 233 cm³/mol. The molecule has 0 saturated heterocycles. The summed E-state index contributed by atoms with van der Waals surface area (Å²) in [4.78, 5) is 34.9. The molecule has 0 saturated carbocycles. The Labute approximate surface area is 346 Å². The van der Waals surface area contributed by atoms with Crippen molar-refractivity contribution in [3.63, 3.8) is 0 Å². The van der Waals surface area contributed by atoms with Crippen molar-refractivity contribution in [2.45, 2.75) is 193 Å². The van der Waals surface area contributed by atoms with E-state index in [4.69, 9.17) is 19.1 Å². The first-order valence-corrected chi connectivity index (χ1v) is 23.7. The van der Waals surface area contributed by atoms with E-state index in [2.05, 4.69) is 73.1 Å². The maximum Gasteiger partial charge on any atom is 0.472 e. The zero-order valence-corrected chi connectivity index (χ0v) is 36.7. The molecule has 0 aromatic carbocycles. The van der Waals surface area contributed by atoms with E-state index >= 15 is 0 Å². The van der Waals surface area contributed by atoms with E-state index in [-0.39, 0.29) is 19.4 Å². The Morgan fingerprint density at radius 2 is 0.930 bits per heavy atom. The number of carbonyl (C=O) groups excluding carboxylic acids is 2. The Bertz CT molecular complexity index is 1130. The fourth-order valence-corrected chi connectivity index (χ4v) is 6.48. The number of ether oxygens (including phenoxy) is 2. The number of esters is 2. The van der Waals surface area contributed by atoms with E-state index in [9.17, 15) is 24.2 Å². The summed E-state index contributed by atoms with van der Waals surface area (Å²) in [5, 5.41) is 18.3. The average molecular weight is 825 g/mol. The topological polar surface area (TPSA) is 149 Å². The van der Waals surface area contributed by atoms with Gasteiger partial charge < -0.3 is 24.6 Å². The number of phosphoric acid groups is 1. The monoisotopic (exact) mass is 825 g/mol. The zero-order valence-electron chi connectivity index (χ0n) is 35.8. The maximum atomic E-state index is 12.6. The molecule has 57 heavy (non-hydrogen) atoms. The van der Waals surface area contributed by atoms with Crippen molar-refractivity contribution in [2.24, 2.45) is 0 Å². The fourth-order valence-electron chi connectivity index (χ4n) is 5.69. The summed E-state index contributed by atoms with van der Waals surface area (Å²) >= 11 is 0. The summed E-state index contributed by atoms with van der Waals surface area (Å²) in [6.07, 6.45) is 46.3. The number of hydrogen-bond acceptors (Lipinski definition) is 9. The molecule has 3 N–H and O–H groups in total. The molecule has 330 valence electrons. The molecule has 0 bridgehead atoms. The van der Waals surface area contributed by atoms with Crippen LogP contribution in [0, 0.1) is 0 Å². The number of carbonyl (C=O) groups is 2. The van der Waals surface area contributed by atoms with Crippen molar-refractivity contribution in [3.05, 3.63) is 60.8 Å². The minimum absolute atomic E-state index is 0.105. The van der Waals surface area contributed by atoms with Gasteiger partial charge in [0.25, 0.3) is 0 Å². The molecule has 0 spiro atoms. The molecular formula is C46H81O10P. The molecule has 0 aromatic heterocycles. The van der Waals surface area contributed by atoms with Crippen LogP contribution < -0.4 is 0 Å². The van der Waals surface area contributed by atoms with Crippen LogP contribution in [-0.4, -0.2) is 65.7 Å². The smallest absolute Gasteiger partial charge is 0.462 e. The van der Waals surface area contributed by atoms with Crippen molar-refractivity contribution in [2.75, 3.05) is 26.4 Å². The van der Waals surface area contributed by atoms with E-state index in [1.807, 2.05) is 6.08 Å². The van der Waals surface area contributed by atoms with Gasteiger partial charge in [-0.2, -0.15) is 0 Å². The van der Waals surface area contributed by atoms with E-state index in [0.717, 1.165) is 57.8 Å². The van der Waals surface area contributed by atoms with Crippen LogP contribution in [0.15, 0.2) is 60.8 Å². The second kappa shape index (κ2) is 41.8. The summed E-state index contributed by atoms with van der Waals surface area (Å²) in [6, 6.07) is 0. The van der Waals surface area contributed by atoms with Gasteiger partial charge in [-0.3, -0.25) is 18.6 Å². The molecule has 10 nitrogen and oxygen atoms in total. The number of hydrogen-bond donors (Lipinski definition) is 3. The molecule has 11 heteroatoms. The number of unbranched alkanes of at least 4 members (excludes halogenated alkanes) is 17. The van der Waals surface area contributed by atoms with Gasteiger partial charge in [-0.25, -0.2) is 4.57 Å². The number of phosphoric ester groups is 1. The van der Waals surface area contributed by atoms with Crippen molar-refractivity contribution in [1.29, 1.82) is 0 Å². The van der Waals surface area contributed by atoms with Crippen molar-refractivity contribution >= 4 is 19.8 Å². The number of rotatable bonds is 41. The lowest BCUT2D eigenvalue weighted by Gasteiger charge is -2.20. The summed E-state index contributed by atoms with van der Waals surface area (Å²) < 4.78 is 32.6. The minimum atomic E-state index is -4.64. The molecule has 3 atom stereocenters. The maximum absolute atomic E-state index is 12.6. The van der Waals surface area contributed by atoms with Gasteiger partial charge in [-0.15, -0.1) is 0 Å². The summed E-state index contributed by atoms with van der Waals surface area (Å²) in [5.74, 6) is -1.00. The molecule has 0 radical (unpaired) electrons. The minimum Gasteiger partial charge on any atom is -0.462 e. The van der Waals surface area contributed by atoms with Gasteiger partial charge in [-0.05, 0) is 77.0 Å². The van der Waals surface area contributed by atoms with Crippen LogP contribution in [0.2, 0.25) is 0 Å². The summed E-state index contributed by atoms with van der Waals surface area (Å²) in [6.45, 7) is 2.28. The van der Waals surface area contributed by atoms with Gasteiger partial charge in [0, 0.05) is 12.8 Å². The average Bonchev–Trinajstić information content (AvgIpc) is 3.20. The lowest BCUT2D eigenvalue weighted by molar-refractivity contribution is -0.161. The first kappa shape index (κ1) is 54.7. The summed E-state index contributed by atoms with van der Waals surface area (Å²) in [7, 11) is -4.64. The highest BCUT2D eigenvalue weighted by molar-refractivity contribution is 7.47. The van der Waals surface area contributed by atoms with E-state index in [1.165, 1.54) is 77.0 Å². The highest BCUT2D eigenvalue weighted by Crippen LogP contribution is 2.43. The Balaban J connectivity index is 4.39. The molecule has 0 amide bonds. The van der Waals surface area contributed by atoms with E-state index in [1.54, 1.807) is 0 Å². The zero-order chi connectivity index (χ0) is 41.9. The van der Waals surface area contributed by atoms with Crippen LogP contribution in [0.5, 0.6) is 0 Å². The highest BCUT2D eigenvalue weighted by atomic mass is 31.2. The third-order valence-electron chi connectivity index (χ3n) is 9.14. The normalized spacial score (nSPS) is 14.4. The lowest BCUT2D eigenvalue weighted by Crippen LogP contribution is -2.29. The van der Waals surface area contributed by atoms with Crippen molar-refractivity contribution in [1.82, 2.24) is 0 Å². The number of allylic oxidation sites excluding steroid dienone is 10. The van der Waals surface area contributed by atoms with Crippen LogP contribution in [0.4, 0.5) is 0 Å². The Hall–Kier alpha value is -2.33. The molecule has 1 unspecified atom stereocenters. The predicted octanol–water partition coefficient (Wildman–Crippen LogP) is 11.9. The molecule has 0 aromatic rings.